The lowest BCUT2D eigenvalue weighted by atomic mass is 9.85. The number of carbonyl (C=O) groups is 2. The van der Waals surface area contributed by atoms with Crippen molar-refractivity contribution >= 4 is 23.7 Å². The van der Waals surface area contributed by atoms with E-state index in [4.69, 9.17) is 21.0 Å². The maximum atomic E-state index is 12.8. The van der Waals surface area contributed by atoms with E-state index in [1.165, 1.54) is 25.0 Å². The first-order valence-corrected chi connectivity index (χ1v) is 11.0. The molecule has 9 heteroatoms. The fourth-order valence-electron chi connectivity index (χ4n) is 5.03. The molecule has 0 radical (unpaired) electrons. The molecule has 2 atom stereocenters. The fourth-order valence-corrected chi connectivity index (χ4v) is 5.03. The number of carboxylic acid groups (broad SMARTS) is 1. The number of nitrogen functional groups attached to an aromatic ring is 1. The summed E-state index contributed by atoms with van der Waals surface area (Å²) in [5, 5.41) is 15.2. The Morgan fingerprint density at radius 3 is 2.15 bits per heavy atom. The van der Waals surface area contributed by atoms with Gasteiger partial charge in [-0.1, -0.05) is 24.3 Å². The Morgan fingerprint density at radius 2 is 1.65 bits per heavy atom. The number of nitrogens with zero attached hydrogens (tertiary/aromatic N) is 1. The third-order valence-corrected chi connectivity index (χ3v) is 6.82. The van der Waals surface area contributed by atoms with E-state index in [0.29, 0.717) is 41.1 Å². The lowest BCUT2D eigenvalue weighted by Crippen LogP contribution is -2.40. The maximum absolute atomic E-state index is 12.8. The first-order chi connectivity index (χ1) is 16.0. The van der Waals surface area contributed by atoms with Gasteiger partial charge in [0, 0.05) is 29.8 Å². The lowest BCUT2D eigenvalue weighted by molar-refractivity contribution is -0.137. The molecule has 2 aliphatic heterocycles. The monoisotopic (exact) mass is 475 g/mol. The highest BCUT2D eigenvalue weighted by molar-refractivity contribution is 6.46. The van der Waals surface area contributed by atoms with Crippen LogP contribution >= 0.6 is 0 Å². The number of fused-ring (bicyclic) bond motifs is 2. The second kappa shape index (κ2) is 10.4. The van der Waals surface area contributed by atoms with Gasteiger partial charge in [-0.05, 0) is 68.0 Å². The van der Waals surface area contributed by atoms with Crippen molar-refractivity contribution in [1.82, 2.24) is 4.90 Å². The Bertz CT molecular complexity index is 1040. The van der Waals surface area contributed by atoms with Gasteiger partial charge in [0.1, 0.15) is 5.71 Å². The van der Waals surface area contributed by atoms with Crippen LogP contribution in [0.3, 0.4) is 0 Å². The molecule has 2 aliphatic rings. The molecule has 4 N–H and O–H groups in total. The van der Waals surface area contributed by atoms with Crippen molar-refractivity contribution in [3.05, 3.63) is 53.6 Å². The quantitative estimate of drug-likeness (QED) is 0.325. The smallest absolute Gasteiger partial charge is 0.416 e. The van der Waals surface area contributed by atoms with Crippen LogP contribution in [0.25, 0.3) is 11.1 Å². The van der Waals surface area contributed by atoms with Gasteiger partial charge in [0.2, 0.25) is 0 Å². The molecule has 4 rings (SSSR count). The van der Waals surface area contributed by atoms with Crippen LogP contribution in [0, 0.1) is 11.3 Å². The molecule has 182 valence electrons. The van der Waals surface area contributed by atoms with Crippen molar-refractivity contribution < 1.29 is 27.9 Å². The molecule has 2 saturated heterocycles. The van der Waals surface area contributed by atoms with E-state index in [-0.39, 0.29) is 23.7 Å². The average Bonchev–Trinajstić information content (AvgIpc) is 2.99. The number of benzene rings is 2. The minimum atomic E-state index is -4.38. The van der Waals surface area contributed by atoms with Gasteiger partial charge in [0.15, 0.2) is 5.78 Å². The summed E-state index contributed by atoms with van der Waals surface area (Å²) >= 11 is 0. The molecule has 0 saturated carbocycles. The molecule has 6 nitrogen and oxygen atoms in total. The highest BCUT2D eigenvalue weighted by Crippen LogP contribution is 2.39. The van der Waals surface area contributed by atoms with E-state index in [1.807, 2.05) is 0 Å². The lowest BCUT2D eigenvalue weighted by Gasteiger charge is -2.36. The Balaban J connectivity index is 0.00000103. The predicted molar refractivity (Wildman–Crippen MR) is 124 cm³/mol. The van der Waals surface area contributed by atoms with Gasteiger partial charge >= 0.3 is 6.18 Å². The minimum absolute atomic E-state index is 0.0947. The van der Waals surface area contributed by atoms with Crippen molar-refractivity contribution in [3.8, 4) is 11.1 Å². The van der Waals surface area contributed by atoms with Gasteiger partial charge in [0.25, 0.3) is 6.47 Å². The third kappa shape index (κ3) is 5.64. The molecule has 0 aliphatic carbocycles. The number of carbonyl (C=O) groups excluding carboxylic acids is 1. The van der Waals surface area contributed by atoms with Crippen molar-refractivity contribution in [2.75, 3.05) is 12.8 Å². The Morgan fingerprint density at radius 1 is 1.12 bits per heavy atom. The van der Waals surface area contributed by atoms with E-state index in [2.05, 4.69) is 11.9 Å². The number of piperidine rings is 1. The number of nitrogens with two attached hydrogens (primary N) is 1. The Labute approximate surface area is 196 Å². The molecule has 2 aromatic rings. The number of halogens is 3. The number of alkyl halides is 3. The molecule has 2 heterocycles. The SMILES string of the molecule is CN1C2CCC1CC(CC(=O)C(=N)c1ccc(-c3ccc(C(F)(F)F)cc3)cc1N)C2.O=CO. The fraction of sp³-hybridized carbons (Fsp3) is 0.400. The van der Waals surface area contributed by atoms with Gasteiger partial charge in [-0.3, -0.25) is 15.0 Å². The number of Topliss-reactive ketones (excluding diaryl/α,β-unsaturated/α-hetero) is 1. The van der Waals surface area contributed by atoms with Crippen LogP contribution in [0.1, 0.15) is 43.2 Å². The highest BCUT2D eigenvalue weighted by atomic mass is 19.4. The van der Waals surface area contributed by atoms with Crippen LogP contribution in [-0.2, 0) is 15.8 Å². The zero-order valence-electron chi connectivity index (χ0n) is 18.8. The Hall–Kier alpha value is -3.20. The minimum Gasteiger partial charge on any atom is -0.483 e. The maximum Gasteiger partial charge on any atom is 0.416 e. The van der Waals surface area contributed by atoms with E-state index >= 15 is 0 Å². The molecular formula is C25H28F3N3O3. The van der Waals surface area contributed by atoms with Gasteiger partial charge in [-0.2, -0.15) is 13.2 Å². The second-order valence-electron chi connectivity index (χ2n) is 8.87. The van der Waals surface area contributed by atoms with Crippen LogP contribution in [0.5, 0.6) is 0 Å². The first kappa shape index (κ1) is 25.4. The van der Waals surface area contributed by atoms with Crippen LogP contribution in [0.4, 0.5) is 18.9 Å². The zero-order valence-corrected chi connectivity index (χ0v) is 18.8. The predicted octanol–water partition coefficient (Wildman–Crippen LogP) is 4.86. The number of hydrogen-bond acceptors (Lipinski definition) is 5. The number of nitrogens with one attached hydrogen (secondary N) is 1. The topological polar surface area (TPSA) is 107 Å². The summed E-state index contributed by atoms with van der Waals surface area (Å²) in [5.41, 5.74) is 7.19. The van der Waals surface area contributed by atoms with Crippen LogP contribution in [0.15, 0.2) is 42.5 Å². The van der Waals surface area contributed by atoms with Crippen LogP contribution in [-0.4, -0.2) is 47.1 Å². The van der Waals surface area contributed by atoms with Crippen molar-refractivity contribution in [2.45, 2.75) is 50.4 Å². The van der Waals surface area contributed by atoms with Gasteiger partial charge in [-0.15, -0.1) is 0 Å². The van der Waals surface area contributed by atoms with Crippen LogP contribution in [0.2, 0.25) is 0 Å². The Kier molecular flexibility index (Phi) is 7.76. The molecule has 0 spiro atoms. The van der Waals surface area contributed by atoms with Gasteiger partial charge in [0.05, 0.1) is 5.56 Å². The molecular weight excluding hydrogens is 447 g/mol. The number of hydrogen-bond donors (Lipinski definition) is 3. The van der Waals surface area contributed by atoms with E-state index < -0.39 is 11.7 Å². The number of anilines is 1. The van der Waals surface area contributed by atoms with Gasteiger partial charge < -0.3 is 15.7 Å². The largest absolute Gasteiger partial charge is 0.483 e. The van der Waals surface area contributed by atoms with Gasteiger partial charge in [-0.25, -0.2) is 0 Å². The summed E-state index contributed by atoms with van der Waals surface area (Å²) in [7, 11) is 2.15. The molecule has 2 fully saturated rings. The summed E-state index contributed by atoms with van der Waals surface area (Å²) in [4.78, 5) is 23.5. The summed E-state index contributed by atoms with van der Waals surface area (Å²) in [5.74, 6) is 0.0946. The van der Waals surface area contributed by atoms with Crippen LogP contribution < -0.4 is 5.73 Å². The molecule has 2 unspecified atom stereocenters. The van der Waals surface area contributed by atoms with E-state index in [9.17, 15) is 18.0 Å². The molecule has 0 aromatic heterocycles. The number of rotatable bonds is 5. The summed E-state index contributed by atoms with van der Waals surface area (Å²) in [6, 6.07) is 10.8. The third-order valence-electron chi connectivity index (χ3n) is 6.82. The van der Waals surface area contributed by atoms with E-state index in [0.717, 1.165) is 25.0 Å². The number of ketones is 1. The van der Waals surface area contributed by atoms with Crippen molar-refractivity contribution in [1.29, 1.82) is 5.41 Å². The normalized spacial score (nSPS) is 21.9. The first-order valence-electron chi connectivity index (χ1n) is 11.0. The zero-order chi connectivity index (χ0) is 25.0. The molecule has 2 bridgehead atoms. The average molecular weight is 476 g/mol. The highest BCUT2D eigenvalue weighted by Gasteiger charge is 2.39. The summed E-state index contributed by atoms with van der Waals surface area (Å²) in [6.07, 6.45) is 0.329. The van der Waals surface area contributed by atoms with Crippen molar-refractivity contribution in [2.24, 2.45) is 5.92 Å². The van der Waals surface area contributed by atoms with E-state index in [1.54, 1.807) is 18.2 Å². The summed E-state index contributed by atoms with van der Waals surface area (Å²) < 4.78 is 38.3. The standard InChI is InChI=1S/C24H26F3N3O.CH2O2/c1-30-18-7-8-19(30)11-14(10-18)12-22(31)23(29)20-9-4-16(13-21(20)28)15-2-5-17(6-3-15)24(25,26)27;2-1-3/h2-6,9,13-14,18-19,29H,7-8,10-12,28H2,1H3;1H,(H,2,3). The second-order valence-corrected chi connectivity index (χ2v) is 8.87. The molecule has 34 heavy (non-hydrogen) atoms. The summed E-state index contributed by atoms with van der Waals surface area (Å²) in [6.45, 7) is -0.250. The molecule has 2 aromatic carbocycles. The van der Waals surface area contributed by atoms with Crippen molar-refractivity contribution in [3.63, 3.8) is 0 Å². The molecule has 0 amide bonds.